The van der Waals surface area contributed by atoms with E-state index in [1.807, 2.05) is 0 Å². The van der Waals surface area contributed by atoms with E-state index < -0.39 is 0 Å². The zero-order chi connectivity index (χ0) is 12.7. The number of carbonyl (C=O) groups is 1. The number of carbonyl (C=O) groups excluding carboxylic acids is 1. The van der Waals surface area contributed by atoms with Crippen LogP contribution in [0.1, 0.15) is 32.6 Å². The van der Waals surface area contributed by atoms with Crippen LogP contribution in [0.5, 0.6) is 0 Å². The van der Waals surface area contributed by atoms with Gasteiger partial charge >= 0.3 is 0 Å². The summed E-state index contributed by atoms with van der Waals surface area (Å²) in [4.78, 5) is 14.6. The van der Waals surface area contributed by atoms with Crippen molar-refractivity contribution in [2.75, 3.05) is 13.1 Å². The average Bonchev–Trinajstić information content (AvgIpc) is 2.97. The number of amides is 1. The minimum Gasteiger partial charge on any atom is -0.392 e. The van der Waals surface area contributed by atoms with E-state index in [2.05, 4.69) is 22.5 Å². The third-order valence-corrected chi connectivity index (χ3v) is 4.41. The van der Waals surface area contributed by atoms with Gasteiger partial charge in [-0.2, -0.15) is 0 Å². The van der Waals surface area contributed by atoms with Crippen molar-refractivity contribution in [1.29, 1.82) is 0 Å². The molecule has 3 fully saturated rings. The van der Waals surface area contributed by atoms with Crippen molar-refractivity contribution >= 4 is 5.91 Å². The second-order valence-corrected chi connectivity index (χ2v) is 6.07. The molecule has 3 N–H and O–H groups in total. The van der Waals surface area contributed by atoms with Crippen molar-refractivity contribution in [2.45, 2.75) is 62.9 Å². The Bertz CT molecular complexity index is 332. The number of hydrogen-bond acceptors (Lipinski definition) is 4. The van der Waals surface area contributed by atoms with E-state index in [4.69, 9.17) is 0 Å². The van der Waals surface area contributed by atoms with E-state index in [0.29, 0.717) is 19.0 Å². The summed E-state index contributed by atoms with van der Waals surface area (Å²) in [6.45, 7) is 3.78. The Hall–Kier alpha value is -0.650. The van der Waals surface area contributed by atoms with E-state index in [1.54, 1.807) is 0 Å². The maximum Gasteiger partial charge on any atom is 0.237 e. The number of nitrogens with one attached hydrogen (secondary N) is 2. The molecular formula is C13H23N3O2. The minimum atomic E-state index is -0.369. The molecule has 0 spiro atoms. The summed E-state index contributed by atoms with van der Waals surface area (Å²) in [6.07, 6.45) is 3.87. The lowest BCUT2D eigenvalue weighted by atomic mass is 10.1. The summed E-state index contributed by atoms with van der Waals surface area (Å²) < 4.78 is 0. The first kappa shape index (κ1) is 12.4. The smallest absolute Gasteiger partial charge is 0.237 e. The summed E-state index contributed by atoms with van der Waals surface area (Å²) in [5.74, 6) is 0.0568. The maximum absolute atomic E-state index is 12.0. The number of aliphatic hydroxyl groups is 1. The van der Waals surface area contributed by atoms with E-state index in [-0.39, 0.29) is 24.1 Å². The molecule has 1 saturated carbocycles. The highest BCUT2D eigenvalue weighted by atomic mass is 16.3. The van der Waals surface area contributed by atoms with Crippen LogP contribution in [0.4, 0.5) is 0 Å². The molecule has 102 valence electrons. The van der Waals surface area contributed by atoms with Crippen molar-refractivity contribution in [3.63, 3.8) is 0 Å². The Morgan fingerprint density at radius 2 is 2.17 bits per heavy atom. The third-order valence-electron chi connectivity index (χ3n) is 4.41. The Kier molecular flexibility index (Phi) is 3.30. The highest BCUT2D eigenvalue weighted by Crippen LogP contribution is 2.33. The lowest BCUT2D eigenvalue weighted by Gasteiger charge is -2.20. The molecule has 0 aromatic rings. The van der Waals surface area contributed by atoms with Crippen LogP contribution in [0.25, 0.3) is 0 Å². The molecule has 5 nitrogen and oxygen atoms in total. The monoisotopic (exact) mass is 253 g/mol. The molecule has 2 saturated heterocycles. The van der Waals surface area contributed by atoms with Crippen molar-refractivity contribution in [1.82, 2.24) is 15.5 Å². The first-order valence-electron chi connectivity index (χ1n) is 7.11. The van der Waals surface area contributed by atoms with Crippen LogP contribution in [0.15, 0.2) is 0 Å². The summed E-state index contributed by atoms with van der Waals surface area (Å²) in [5, 5.41) is 15.6. The lowest BCUT2D eigenvalue weighted by molar-refractivity contribution is -0.123. The second-order valence-electron chi connectivity index (χ2n) is 6.07. The van der Waals surface area contributed by atoms with Gasteiger partial charge in [0.2, 0.25) is 5.91 Å². The van der Waals surface area contributed by atoms with Crippen LogP contribution in [0, 0.1) is 0 Å². The van der Waals surface area contributed by atoms with Gasteiger partial charge in [-0.1, -0.05) is 0 Å². The van der Waals surface area contributed by atoms with Gasteiger partial charge in [0.15, 0.2) is 0 Å². The standard InChI is InChI=1S/C13H23N3O2/c1-8-4-9(7-16(8)10-2-3-10)15-13(18)12-5-11(17)6-14-12/h8-12,14,17H,2-7H2,1H3,(H,15,18)/t8-,9+,11+,12-/m1/s1. The topological polar surface area (TPSA) is 64.6 Å². The highest BCUT2D eigenvalue weighted by Gasteiger charge is 2.40. The number of β-amino-alcohol motifs (C(OH)–C–C–N with tert-alkyl or cyclic N) is 1. The summed E-state index contributed by atoms with van der Waals surface area (Å²) in [6, 6.07) is 1.44. The summed E-state index contributed by atoms with van der Waals surface area (Å²) in [7, 11) is 0. The molecule has 2 heterocycles. The molecule has 1 aliphatic carbocycles. The van der Waals surface area contributed by atoms with Gasteiger partial charge in [-0.15, -0.1) is 0 Å². The molecule has 2 aliphatic heterocycles. The Labute approximate surface area is 108 Å². The number of aliphatic hydroxyl groups excluding tert-OH is 1. The fourth-order valence-corrected chi connectivity index (χ4v) is 3.29. The average molecular weight is 253 g/mol. The third kappa shape index (κ3) is 2.53. The molecule has 0 aromatic carbocycles. The first-order chi connectivity index (χ1) is 8.63. The second kappa shape index (κ2) is 4.79. The van der Waals surface area contributed by atoms with Crippen molar-refractivity contribution in [2.24, 2.45) is 0 Å². The van der Waals surface area contributed by atoms with Gasteiger partial charge in [0.1, 0.15) is 0 Å². The van der Waals surface area contributed by atoms with Crippen molar-refractivity contribution < 1.29 is 9.90 Å². The molecule has 4 atom stereocenters. The van der Waals surface area contributed by atoms with Crippen LogP contribution >= 0.6 is 0 Å². The number of likely N-dealkylation sites (tertiary alicyclic amines) is 1. The minimum absolute atomic E-state index is 0.0568. The highest BCUT2D eigenvalue weighted by molar-refractivity contribution is 5.82. The summed E-state index contributed by atoms with van der Waals surface area (Å²) in [5.41, 5.74) is 0. The van der Waals surface area contributed by atoms with Gasteiger partial charge in [-0.25, -0.2) is 0 Å². The fraction of sp³-hybridized carbons (Fsp3) is 0.923. The molecule has 0 aromatic heterocycles. The molecule has 0 radical (unpaired) electrons. The fourth-order valence-electron chi connectivity index (χ4n) is 3.29. The van der Waals surface area contributed by atoms with E-state index in [1.165, 1.54) is 12.8 Å². The van der Waals surface area contributed by atoms with Gasteiger partial charge in [-0.05, 0) is 32.6 Å². The Morgan fingerprint density at radius 3 is 2.78 bits per heavy atom. The number of hydrogen-bond donors (Lipinski definition) is 3. The summed E-state index contributed by atoms with van der Waals surface area (Å²) >= 11 is 0. The molecule has 3 rings (SSSR count). The van der Waals surface area contributed by atoms with Gasteiger partial charge < -0.3 is 15.7 Å². The largest absolute Gasteiger partial charge is 0.392 e. The molecule has 18 heavy (non-hydrogen) atoms. The Morgan fingerprint density at radius 1 is 1.39 bits per heavy atom. The van der Waals surface area contributed by atoms with Gasteiger partial charge in [-0.3, -0.25) is 9.69 Å². The molecule has 5 heteroatoms. The SMILES string of the molecule is C[C@@H]1C[C@H](NC(=O)[C@H]2C[C@H](O)CN2)CN1C1CC1. The quantitative estimate of drug-likeness (QED) is 0.631. The van der Waals surface area contributed by atoms with E-state index in [9.17, 15) is 9.90 Å². The molecular weight excluding hydrogens is 230 g/mol. The molecule has 0 bridgehead atoms. The predicted octanol–water partition coefficient (Wildman–Crippen LogP) is -0.549. The number of nitrogens with zero attached hydrogens (tertiary/aromatic N) is 1. The van der Waals surface area contributed by atoms with Crippen LogP contribution in [0.2, 0.25) is 0 Å². The first-order valence-corrected chi connectivity index (χ1v) is 7.11. The molecule has 0 unspecified atom stereocenters. The zero-order valence-corrected chi connectivity index (χ0v) is 10.9. The predicted molar refractivity (Wildman–Crippen MR) is 68.2 cm³/mol. The van der Waals surface area contributed by atoms with Crippen LogP contribution < -0.4 is 10.6 Å². The zero-order valence-electron chi connectivity index (χ0n) is 10.9. The lowest BCUT2D eigenvalue weighted by Crippen LogP contribution is -2.46. The normalized spacial score (nSPS) is 41.2. The van der Waals surface area contributed by atoms with Gasteiger partial charge in [0, 0.05) is 31.2 Å². The van der Waals surface area contributed by atoms with E-state index in [0.717, 1.165) is 19.0 Å². The molecule has 1 amide bonds. The maximum atomic E-state index is 12.0. The molecule has 3 aliphatic rings. The van der Waals surface area contributed by atoms with Crippen molar-refractivity contribution in [3.05, 3.63) is 0 Å². The van der Waals surface area contributed by atoms with Gasteiger partial charge in [0.25, 0.3) is 0 Å². The van der Waals surface area contributed by atoms with Gasteiger partial charge in [0.05, 0.1) is 12.1 Å². The number of rotatable bonds is 3. The Balaban J connectivity index is 1.49. The van der Waals surface area contributed by atoms with Crippen molar-refractivity contribution in [3.8, 4) is 0 Å². The van der Waals surface area contributed by atoms with Crippen LogP contribution in [-0.2, 0) is 4.79 Å². The van der Waals surface area contributed by atoms with E-state index >= 15 is 0 Å². The van der Waals surface area contributed by atoms with Crippen LogP contribution in [-0.4, -0.2) is 59.3 Å². The van der Waals surface area contributed by atoms with Crippen LogP contribution in [0.3, 0.4) is 0 Å².